The number of rotatable bonds is 2. The Bertz CT molecular complexity index is 533. The van der Waals surface area contributed by atoms with Crippen LogP contribution in [0.2, 0.25) is 0 Å². The first-order valence-electron chi connectivity index (χ1n) is 3.74. The molecule has 1 heterocycles. The van der Waals surface area contributed by atoms with Crippen LogP contribution in [0.4, 0.5) is 5.95 Å². The Balaban J connectivity index is 0.00000112. The first-order valence-corrected chi connectivity index (χ1v) is 5.18. The summed E-state index contributed by atoms with van der Waals surface area (Å²) in [6.07, 6.45) is 0. The normalized spacial score (nSPS) is 11.0. The van der Waals surface area contributed by atoms with Gasteiger partial charge in [0.05, 0.1) is 11.0 Å². The van der Waals surface area contributed by atoms with E-state index in [0.717, 1.165) is 0 Å². The van der Waals surface area contributed by atoms with Crippen molar-refractivity contribution in [2.75, 3.05) is 4.72 Å². The van der Waals surface area contributed by atoms with Gasteiger partial charge < -0.3 is 4.98 Å². The third-order valence-corrected chi connectivity index (χ3v) is 2.07. The van der Waals surface area contributed by atoms with Crippen LogP contribution in [0, 0.1) is 0 Å². The Morgan fingerprint density at radius 1 is 1.33 bits per heavy atom. The van der Waals surface area contributed by atoms with Crippen molar-refractivity contribution >= 4 is 56.8 Å². The fourth-order valence-corrected chi connectivity index (χ4v) is 1.46. The van der Waals surface area contributed by atoms with E-state index in [0.29, 0.717) is 11.0 Å². The molecule has 0 spiro atoms. The van der Waals surface area contributed by atoms with Crippen molar-refractivity contribution in [3.63, 3.8) is 0 Å². The van der Waals surface area contributed by atoms with Gasteiger partial charge >= 0.3 is 39.9 Å². The summed E-state index contributed by atoms with van der Waals surface area (Å²) >= 11 is 0. The number of anilines is 1. The van der Waals surface area contributed by atoms with Crippen molar-refractivity contribution < 1.29 is 13.0 Å². The molecule has 0 saturated heterocycles. The van der Waals surface area contributed by atoms with Crippen molar-refractivity contribution in [3.8, 4) is 0 Å². The summed E-state index contributed by atoms with van der Waals surface area (Å²) in [5.74, 6) is -0.00583. The molecule has 1 aromatic heterocycles. The van der Waals surface area contributed by atoms with Crippen LogP contribution in [-0.2, 0) is 10.3 Å². The fourth-order valence-electron chi connectivity index (χ4n) is 1.12. The molecule has 8 heteroatoms. The molecule has 2 aromatic rings. The van der Waals surface area contributed by atoms with Crippen LogP contribution in [0.25, 0.3) is 11.0 Å². The number of nitrogens with zero attached hydrogens (tertiary/aromatic N) is 1. The number of fused-ring (bicyclic) bond motifs is 1. The molecule has 0 aliphatic rings. The van der Waals surface area contributed by atoms with E-state index < -0.39 is 10.3 Å². The van der Waals surface area contributed by atoms with Crippen LogP contribution in [0.15, 0.2) is 24.3 Å². The zero-order valence-corrected chi connectivity index (χ0v) is 7.75. The van der Waals surface area contributed by atoms with Crippen molar-refractivity contribution in [1.29, 1.82) is 0 Å². The van der Waals surface area contributed by atoms with Crippen LogP contribution in [0.3, 0.4) is 0 Å². The molecule has 0 bridgehead atoms. The molecule has 15 heavy (non-hydrogen) atoms. The van der Waals surface area contributed by atoms with Crippen LogP contribution in [0.1, 0.15) is 0 Å². The van der Waals surface area contributed by atoms with Gasteiger partial charge in [-0.1, -0.05) is 12.1 Å². The second-order valence-electron chi connectivity index (χ2n) is 2.68. The van der Waals surface area contributed by atoms with Gasteiger partial charge in [-0.3, -0.25) is 4.55 Å². The van der Waals surface area contributed by atoms with Gasteiger partial charge in [-0.25, -0.2) is 9.71 Å². The summed E-state index contributed by atoms with van der Waals surface area (Å²) in [5, 5.41) is 0. The van der Waals surface area contributed by atoms with Crippen molar-refractivity contribution in [2.24, 2.45) is 0 Å². The van der Waals surface area contributed by atoms with Gasteiger partial charge in [-0.15, -0.1) is 0 Å². The third-order valence-electron chi connectivity index (χ3n) is 1.62. The zero-order chi connectivity index (χ0) is 10.2. The van der Waals surface area contributed by atoms with Gasteiger partial charge in [-0.05, 0) is 12.1 Å². The molecule has 0 saturated carbocycles. The predicted octanol–water partition coefficient (Wildman–Crippen LogP) is 0.129. The minimum absolute atomic E-state index is 0. The van der Waals surface area contributed by atoms with Crippen LogP contribution in [-0.4, -0.2) is 52.5 Å². The maximum atomic E-state index is 10.5. The van der Waals surface area contributed by atoms with Crippen molar-refractivity contribution in [3.05, 3.63) is 24.3 Å². The molecule has 0 atom stereocenters. The van der Waals surface area contributed by atoms with Gasteiger partial charge in [0, 0.05) is 0 Å². The Kier molecular flexibility index (Phi) is 3.74. The standard InChI is InChI=1S/C7H7N3O3S.Na.H/c11-14(12,13)10-7-8-5-3-1-2-4-6(5)9-7;;/h1-4H,(H2,8,9,10)(H,11,12,13);;. The molecule has 2 rings (SSSR count). The summed E-state index contributed by atoms with van der Waals surface area (Å²) in [7, 11) is -4.27. The molecule has 76 valence electrons. The van der Waals surface area contributed by atoms with Crippen LogP contribution >= 0.6 is 0 Å². The molecule has 6 nitrogen and oxygen atoms in total. The molecular formula is C7H8N3NaO3S. The number of imidazole rings is 1. The Morgan fingerprint density at radius 3 is 2.60 bits per heavy atom. The average Bonchev–Trinajstić information content (AvgIpc) is 2.42. The molecule has 0 amide bonds. The van der Waals surface area contributed by atoms with Gasteiger partial charge in [0.2, 0.25) is 5.95 Å². The Morgan fingerprint density at radius 2 is 2.00 bits per heavy atom. The molecule has 0 radical (unpaired) electrons. The quantitative estimate of drug-likeness (QED) is 0.511. The topological polar surface area (TPSA) is 95.1 Å². The second kappa shape index (κ2) is 4.50. The molecule has 0 aliphatic carbocycles. The third kappa shape index (κ3) is 3.18. The summed E-state index contributed by atoms with van der Waals surface area (Å²) in [6, 6.07) is 7.04. The molecule has 0 aliphatic heterocycles. The van der Waals surface area contributed by atoms with Crippen LogP contribution in [0.5, 0.6) is 0 Å². The van der Waals surface area contributed by atoms with E-state index in [9.17, 15) is 8.42 Å². The number of aromatic amines is 1. The number of H-pyrrole nitrogens is 1. The Labute approximate surface area is 108 Å². The number of benzene rings is 1. The second-order valence-corrected chi connectivity index (χ2v) is 3.83. The van der Waals surface area contributed by atoms with E-state index in [1.807, 2.05) is 4.72 Å². The predicted molar refractivity (Wildman–Crippen MR) is 58.4 cm³/mol. The number of hydrogen-bond donors (Lipinski definition) is 3. The van der Waals surface area contributed by atoms with Gasteiger partial charge in [0.1, 0.15) is 0 Å². The van der Waals surface area contributed by atoms with E-state index in [2.05, 4.69) is 9.97 Å². The van der Waals surface area contributed by atoms with E-state index in [1.165, 1.54) is 0 Å². The zero-order valence-electron chi connectivity index (χ0n) is 6.93. The molecule has 0 fully saturated rings. The van der Waals surface area contributed by atoms with E-state index in [-0.39, 0.29) is 35.5 Å². The molecule has 3 N–H and O–H groups in total. The summed E-state index contributed by atoms with van der Waals surface area (Å²) in [6.45, 7) is 0. The van der Waals surface area contributed by atoms with E-state index in [4.69, 9.17) is 4.55 Å². The monoisotopic (exact) mass is 237 g/mol. The molecular weight excluding hydrogens is 229 g/mol. The number of nitrogens with one attached hydrogen (secondary N) is 2. The first-order chi connectivity index (χ1) is 6.54. The summed E-state index contributed by atoms with van der Waals surface area (Å²) in [4.78, 5) is 6.58. The number of aromatic nitrogens is 2. The first kappa shape index (κ1) is 12.5. The number of hydrogen-bond acceptors (Lipinski definition) is 3. The van der Waals surface area contributed by atoms with Crippen LogP contribution < -0.4 is 4.72 Å². The fraction of sp³-hybridized carbons (Fsp3) is 0. The van der Waals surface area contributed by atoms with Gasteiger partial charge in [0.15, 0.2) is 0 Å². The Hall–Kier alpha value is -0.600. The maximum absolute atomic E-state index is 10.5. The number of para-hydroxylation sites is 2. The average molecular weight is 237 g/mol. The summed E-state index contributed by atoms with van der Waals surface area (Å²) < 4.78 is 31.3. The molecule has 0 unspecified atom stereocenters. The van der Waals surface area contributed by atoms with Crippen molar-refractivity contribution in [1.82, 2.24) is 9.97 Å². The van der Waals surface area contributed by atoms with E-state index >= 15 is 0 Å². The van der Waals surface area contributed by atoms with Gasteiger partial charge in [0.25, 0.3) is 0 Å². The SMILES string of the molecule is O=S(=O)(O)Nc1nc2ccccc2[nH]1.[NaH]. The minimum atomic E-state index is -4.27. The van der Waals surface area contributed by atoms with Gasteiger partial charge in [-0.2, -0.15) is 8.42 Å². The molecule has 1 aromatic carbocycles. The van der Waals surface area contributed by atoms with Crippen molar-refractivity contribution in [2.45, 2.75) is 0 Å². The van der Waals surface area contributed by atoms with E-state index in [1.54, 1.807) is 24.3 Å². The summed E-state index contributed by atoms with van der Waals surface area (Å²) in [5.41, 5.74) is 1.32.